The molecule has 2 aromatic rings. The van der Waals surface area contributed by atoms with Gasteiger partial charge in [0.2, 0.25) is 0 Å². The Morgan fingerprint density at radius 1 is 1.16 bits per heavy atom. The first-order valence-corrected chi connectivity index (χ1v) is 6.17. The van der Waals surface area contributed by atoms with Gasteiger partial charge in [-0.05, 0) is 29.8 Å². The van der Waals surface area contributed by atoms with Crippen LogP contribution in [-0.4, -0.2) is 5.11 Å². The van der Waals surface area contributed by atoms with Crippen LogP contribution in [0.2, 0.25) is 10.0 Å². The van der Waals surface area contributed by atoms with Gasteiger partial charge in [-0.1, -0.05) is 35.3 Å². The van der Waals surface area contributed by atoms with Crippen molar-refractivity contribution >= 4 is 23.2 Å². The fraction of sp³-hybridized carbons (Fsp3) is 0.0714. The van der Waals surface area contributed by atoms with E-state index in [0.717, 1.165) is 0 Å². The third-order valence-electron chi connectivity index (χ3n) is 2.48. The molecule has 96 valence electrons. The number of aliphatic hydroxyl groups is 1. The molecule has 0 aliphatic carbocycles. The summed E-state index contributed by atoms with van der Waals surface area (Å²) in [4.78, 5) is 0. The van der Waals surface area contributed by atoms with E-state index in [0.29, 0.717) is 32.7 Å². The van der Waals surface area contributed by atoms with E-state index >= 15 is 0 Å². The second-order valence-corrected chi connectivity index (χ2v) is 4.54. The Morgan fingerprint density at radius 3 is 2.63 bits per heavy atom. The largest absolute Gasteiger partial charge is 0.454 e. The third-order valence-corrected chi connectivity index (χ3v) is 3.28. The minimum Gasteiger partial charge on any atom is -0.454 e. The second kappa shape index (κ2) is 5.94. The lowest BCUT2D eigenvalue weighted by atomic mass is 10.1. The minimum atomic E-state index is -0.132. The van der Waals surface area contributed by atoms with Gasteiger partial charge in [0.15, 0.2) is 0 Å². The maximum absolute atomic E-state index is 9.07. The number of rotatable bonds is 3. The Labute approximate surface area is 120 Å². The number of nitrogens with zero attached hydrogens (tertiary/aromatic N) is 1. The molecule has 2 rings (SSSR count). The van der Waals surface area contributed by atoms with Crippen LogP contribution in [0.3, 0.4) is 0 Å². The molecule has 0 aromatic heterocycles. The molecule has 3 nitrogen and oxygen atoms in total. The standard InChI is InChI=1S/C14H9Cl2NO2/c15-11-2-1-3-13(14(11)16)19-12-5-4-9(8-18)6-10(12)7-17/h1-6,18H,8H2. The van der Waals surface area contributed by atoms with E-state index in [2.05, 4.69) is 0 Å². The van der Waals surface area contributed by atoms with E-state index in [1.165, 1.54) is 0 Å². The van der Waals surface area contributed by atoms with Gasteiger partial charge in [0.1, 0.15) is 22.6 Å². The summed E-state index contributed by atoms with van der Waals surface area (Å²) in [5, 5.41) is 18.8. The van der Waals surface area contributed by atoms with Gasteiger partial charge in [0, 0.05) is 0 Å². The molecule has 0 heterocycles. The van der Waals surface area contributed by atoms with Crippen LogP contribution >= 0.6 is 23.2 Å². The summed E-state index contributed by atoms with van der Waals surface area (Å²) in [6.45, 7) is -0.132. The molecule has 0 spiro atoms. The van der Waals surface area contributed by atoms with Gasteiger partial charge in [-0.2, -0.15) is 5.26 Å². The molecule has 0 bridgehead atoms. The van der Waals surface area contributed by atoms with E-state index in [1.54, 1.807) is 36.4 Å². The molecule has 0 aliphatic rings. The Bertz CT molecular complexity index is 650. The lowest BCUT2D eigenvalue weighted by Crippen LogP contribution is -1.92. The molecular formula is C14H9Cl2NO2. The van der Waals surface area contributed by atoms with E-state index in [4.69, 9.17) is 38.3 Å². The molecular weight excluding hydrogens is 285 g/mol. The van der Waals surface area contributed by atoms with Crippen LogP contribution in [0, 0.1) is 11.3 Å². The molecule has 0 saturated carbocycles. The molecule has 5 heteroatoms. The molecule has 19 heavy (non-hydrogen) atoms. The van der Waals surface area contributed by atoms with Gasteiger partial charge in [-0.15, -0.1) is 0 Å². The van der Waals surface area contributed by atoms with Crippen molar-refractivity contribution in [2.45, 2.75) is 6.61 Å². The number of hydrogen-bond acceptors (Lipinski definition) is 3. The third kappa shape index (κ3) is 2.99. The first-order chi connectivity index (χ1) is 9.15. The molecule has 0 unspecified atom stereocenters. The number of hydrogen-bond donors (Lipinski definition) is 1. The summed E-state index contributed by atoms with van der Waals surface area (Å²) < 4.78 is 5.59. The summed E-state index contributed by atoms with van der Waals surface area (Å²) >= 11 is 11.9. The highest BCUT2D eigenvalue weighted by Gasteiger charge is 2.10. The van der Waals surface area contributed by atoms with E-state index < -0.39 is 0 Å². The molecule has 0 atom stereocenters. The topological polar surface area (TPSA) is 53.2 Å². The van der Waals surface area contributed by atoms with Crippen molar-refractivity contribution in [2.24, 2.45) is 0 Å². The average molecular weight is 294 g/mol. The Morgan fingerprint density at radius 2 is 1.95 bits per heavy atom. The summed E-state index contributed by atoms with van der Waals surface area (Å²) in [6.07, 6.45) is 0. The zero-order chi connectivity index (χ0) is 13.8. The normalized spacial score (nSPS) is 10.0. The van der Waals surface area contributed by atoms with Gasteiger partial charge in [-0.25, -0.2) is 0 Å². The van der Waals surface area contributed by atoms with Crippen molar-refractivity contribution in [3.63, 3.8) is 0 Å². The van der Waals surface area contributed by atoms with Gasteiger partial charge >= 0.3 is 0 Å². The van der Waals surface area contributed by atoms with Crippen molar-refractivity contribution in [3.05, 3.63) is 57.6 Å². The van der Waals surface area contributed by atoms with E-state index in [1.807, 2.05) is 6.07 Å². The van der Waals surface area contributed by atoms with E-state index in [-0.39, 0.29) is 6.61 Å². The highest BCUT2D eigenvalue weighted by atomic mass is 35.5. The van der Waals surface area contributed by atoms with E-state index in [9.17, 15) is 0 Å². The van der Waals surface area contributed by atoms with Gasteiger partial charge in [0.05, 0.1) is 17.2 Å². The molecule has 0 fully saturated rings. The van der Waals surface area contributed by atoms with Crippen molar-refractivity contribution < 1.29 is 9.84 Å². The first-order valence-electron chi connectivity index (χ1n) is 5.41. The zero-order valence-electron chi connectivity index (χ0n) is 9.73. The predicted octanol–water partition coefficient (Wildman–Crippen LogP) is 4.15. The van der Waals surface area contributed by atoms with Crippen molar-refractivity contribution in [3.8, 4) is 17.6 Å². The fourth-order valence-electron chi connectivity index (χ4n) is 1.53. The van der Waals surface area contributed by atoms with Gasteiger partial charge in [-0.3, -0.25) is 0 Å². The summed E-state index contributed by atoms with van der Waals surface area (Å²) in [5.74, 6) is 0.742. The number of nitriles is 1. The Kier molecular flexibility index (Phi) is 4.28. The lowest BCUT2D eigenvalue weighted by molar-refractivity contribution is 0.281. The SMILES string of the molecule is N#Cc1cc(CO)ccc1Oc1cccc(Cl)c1Cl. The average Bonchev–Trinajstić information content (AvgIpc) is 2.44. The van der Waals surface area contributed by atoms with Crippen LogP contribution in [0.4, 0.5) is 0 Å². The lowest BCUT2D eigenvalue weighted by Gasteiger charge is -2.10. The van der Waals surface area contributed by atoms with Crippen LogP contribution < -0.4 is 4.74 Å². The maximum atomic E-state index is 9.07. The van der Waals surface area contributed by atoms with Crippen LogP contribution in [0.5, 0.6) is 11.5 Å². The van der Waals surface area contributed by atoms with Crippen LogP contribution in [-0.2, 0) is 6.61 Å². The zero-order valence-corrected chi connectivity index (χ0v) is 11.2. The number of benzene rings is 2. The highest BCUT2D eigenvalue weighted by Crippen LogP contribution is 2.35. The molecule has 0 radical (unpaired) electrons. The minimum absolute atomic E-state index is 0.132. The molecule has 2 aromatic carbocycles. The van der Waals surface area contributed by atoms with Crippen LogP contribution in [0.15, 0.2) is 36.4 Å². The molecule has 0 saturated heterocycles. The van der Waals surface area contributed by atoms with Gasteiger partial charge < -0.3 is 9.84 Å². The monoisotopic (exact) mass is 293 g/mol. The highest BCUT2D eigenvalue weighted by molar-refractivity contribution is 6.42. The summed E-state index contributed by atoms with van der Waals surface area (Å²) in [5.41, 5.74) is 0.962. The van der Waals surface area contributed by atoms with Crippen molar-refractivity contribution in [1.29, 1.82) is 5.26 Å². The molecule has 0 amide bonds. The van der Waals surface area contributed by atoms with Crippen molar-refractivity contribution in [2.75, 3.05) is 0 Å². The van der Waals surface area contributed by atoms with Gasteiger partial charge in [0.25, 0.3) is 0 Å². The fourth-order valence-corrected chi connectivity index (χ4v) is 1.86. The quantitative estimate of drug-likeness (QED) is 0.925. The molecule has 1 N–H and O–H groups in total. The number of halogens is 2. The smallest absolute Gasteiger partial charge is 0.147 e. The maximum Gasteiger partial charge on any atom is 0.147 e. The van der Waals surface area contributed by atoms with Crippen LogP contribution in [0.25, 0.3) is 0 Å². The summed E-state index contributed by atoms with van der Waals surface area (Å²) in [7, 11) is 0. The predicted molar refractivity (Wildman–Crippen MR) is 73.6 cm³/mol. The summed E-state index contributed by atoms with van der Waals surface area (Å²) in [6, 6.07) is 11.9. The number of ether oxygens (including phenoxy) is 1. The Balaban J connectivity index is 2.39. The van der Waals surface area contributed by atoms with Crippen molar-refractivity contribution in [1.82, 2.24) is 0 Å². The first kappa shape index (κ1) is 13.7. The Hall–Kier alpha value is -1.73. The number of aliphatic hydroxyl groups excluding tert-OH is 1. The molecule has 0 aliphatic heterocycles. The van der Waals surface area contributed by atoms with Crippen LogP contribution in [0.1, 0.15) is 11.1 Å². The second-order valence-electron chi connectivity index (χ2n) is 3.75.